The molecule has 4 aromatic rings. The first-order valence-corrected chi connectivity index (χ1v) is 9.60. The topological polar surface area (TPSA) is 61.1 Å². The molecule has 0 radical (unpaired) electrons. The smallest absolute Gasteiger partial charge is 0.281 e. The Morgan fingerprint density at radius 1 is 1.00 bits per heavy atom. The molecule has 0 fully saturated rings. The summed E-state index contributed by atoms with van der Waals surface area (Å²) in [7, 11) is 1.69. The number of rotatable bonds is 6. The van der Waals surface area contributed by atoms with E-state index in [0.717, 1.165) is 40.4 Å². The first-order chi connectivity index (χ1) is 14.1. The van der Waals surface area contributed by atoms with Crippen LogP contribution in [-0.4, -0.2) is 34.6 Å². The molecule has 0 aliphatic carbocycles. The standard InChI is InChI=1S/C23H24N4O2/c1-16-21-15-25-27(19-9-5-4-6-10-19)23(28)22(21)17(2)26(16)20-11-7-8-18(14-20)24-12-13-29-3/h4-11,14-15,24H,12-13H2,1-3H3. The van der Waals surface area contributed by atoms with E-state index >= 15 is 0 Å². The number of aryl methyl sites for hydroxylation is 2. The van der Waals surface area contributed by atoms with Crippen LogP contribution in [0.5, 0.6) is 0 Å². The molecule has 0 aliphatic heterocycles. The number of para-hydroxylation sites is 1. The summed E-state index contributed by atoms with van der Waals surface area (Å²) >= 11 is 0. The summed E-state index contributed by atoms with van der Waals surface area (Å²) in [5.74, 6) is 0. The van der Waals surface area contributed by atoms with Gasteiger partial charge in [0.15, 0.2) is 0 Å². The van der Waals surface area contributed by atoms with Gasteiger partial charge in [-0.05, 0) is 44.2 Å². The van der Waals surface area contributed by atoms with Crippen LogP contribution in [0.1, 0.15) is 11.4 Å². The van der Waals surface area contributed by atoms with Crippen LogP contribution in [0, 0.1) is 13.8 Å². The van der Waals surface area contributed by atoms with E-state index in [4.69, 9.17) is 4.74 Å². The van der Waals surface area contributed by atoms with Gasteiger partial charge in [-0.3, -0.25) is 4.79 Å². The van der Waals surface area contributed by atoms with Crippen molar-refractivity contribution in [2.45, 2.75) is 13.8 Å². The van der Waals surface area contributed by atoms with E-state index in [1.807, 2.05) is 62.4 Å². The van der Waals surface area contributed by atoms with E-state index < -0.39 is 0 Å². The minimum absolute atomic E-state index is 0.109. The number of methoxy groups -OCH3 is 1. The molecule has 29 heavy (non-hydrogen) atoms. The van der Waals surface area contributed by atoms with Crippen LogP contribution in [0.4, 0.5) is 5.69 Å². The van der Waals surface area contributed by atoms with Crippen LogP contribution in [0.15, 0.2) is 65.6 Å². The minimum atomic E-state index is -0.109. The van der Waals surface area contributed by atoms with Crippen molar-refractivity contribution in [1.82, 2.24) is 14.3 Å². The van der Waals surface area contributed by atoms with Gasteiger partial charge in [0.2, 0.25) is 0 Å². The normalized spacial score (nSPS) is 11.1. The molecule has 6 heteroatoms. The second kappa shape index (κ2) is 7.93. The van der Waals surface area contributed by atoms with E-state index in [1.54, 1.807) is 13.3 Å². The number of aromatic nitrogens is 3. The number of nitrogens with zero attached hydrogens (tertiary/aromatic N) is 3. The SMILES string of the molecule is COCCNc1cccc(-n2c(C)c3cnn(-c4ccccc4)c(=O)c3c2C)c1. The van der Waals surface area contributed by atoms with Crippen molar-refractivity contribution < 1.29 is 4.74 Å². The predicted octanol–water partition coefficient (Wildman–Crippen LogP) is 3.85. The van der Waals surface area contributed by atoms with Crippen LogP contribution in [0.2, 0.25) is 0 Å². The second-order valence-electron chi connectivity index (χ2n) is 6.96. The zero-order valence-corrected chi connectivity index (χ0v) is 16.8. The molecular weight excluding hydrogens is 364 g/mol. The van der Waals surface area contributed by atoms with E-state index in [2.05, 4.69) is 21.0 Å². The van der Waals surface area contributed by atoms with Gasteiger partial charge in [-0.15, -0.1) is 0 Å². The third-order valence-corrected chi connectivity index (χ3v) is 5.14. The quantitative estimate of drug-likeness (QED) is 0.510. The molecule has 6 nitrogen and oxygen atoms in total. The van der Waals surface area contributed by atoms with Gasteiger partial charge in [0.25, 0.3) is 5.56 Å². The van der Waals surface area contributed by atoms with Crippen molar-refractivity contribution in [3.8, 4) is 11.4 Å². The first kappa shape index (κ1) is 19.0. The largest absolute Gasteiger partial charge is 0.383 e. The average Bonchev–Trinajstić information content (AvgIpc) is 3.00. The van der Waals surface area contributed by atoms with E-state index in [-0.39, 0.29) is 5.56 Å². The molecule has 148 valence electrons. The second-order valence-corrected chi connectivity index (χ2v) is 6.96. The number of benzene rings is 2. The number of nitrogens with one attached hydrogen (secondary N) is 1. The zero-order valence-electron chi connectivity index (χ0n) is 16.8. The molecule has 0 bridgehead atoms. The highest BCUT2D eigenvalue weighted by molar-refractivity contribution is 5.88. The van der Waals surface area contributed by atoms with Crippen LogP contribution in [-0.2, 0) is 4.74 Å². The summed E-state index contributed by atoms with van der Waals surface area (Å²) in [4.78, 5) is 13.2. The minimum Gasteiger partial charge on any atom is -0.383 e. The summed E-state index contributed by atoms with van der Waals surface area (Å²) in [5.41, 5.74) is 4.57. The third-order valence-electron chi connectivity index (χ3n) is 5.14. The molecule has 0 amide bonds. The molecule has 1 N–H and O–H groups in total. The van der Waals surface area contributed by atoms with Crippen molar-refractivity contribution in [2.75, 3.05) is 25.6 Å². The van der Waals surface area contributed by atoms with Crippen molar-refractivity contribution in [1.29, 1.82) is 0 Å². The number of fused-ring (bicyclic) bond motifs is 1. The molecule has 0 spiro atoms. The number of anilines is 1. The van der Waals surface area contributed by atoms with E-state index in [0.29, 0.717) is 12.0 Å². The van der Waals surface area contributed by atoms with Crippen molar-refractivity contribution in [3.63, 3.8) is 0 Å². The van der Waals surface area contributed by atoms with Crippen LogP contribution in [0.25, 0.3) is 22.1 Å². The molecule has 0 saturated carbocycles. The fourth-order valence-electron chi connectivity index (χ4n) is 3.75. The summed E-state index contributed by atoms with van der Waals surface area (Å²) in [6.07, 6.45) is 1.78. The van der Waals surface area contributed by atoms with Crippen LogP contribution < -0.4 is 10.9 Å². The van der Waals surface area contributed by atoms with Gasteiger partial charge >= 0.3 is 0 Å². The summed E-state index contributed by atoms with van der Waals surface area (Å²) in [5, 5.41) is 9.34. The van der Waals surface area contributed by atoms with Gasteiger partial charge in [-0.2, -0.15) is 9.78 Å². The Hall–Kier alpha value is -3.38. The molecular formula is C23H24N4O2. The molecule has 0 atom stereocenters. The Kier molecular flexibility index (Phi) is 5.18. The maximum absolute atomic E-state index is 13.2. The van der Waals surface area contributed by atoms with E-state index in [1.165, 1.54) is 4.68 Å². The average molecular weight is 388 g/mol. The Bertz CT molecular complexity index is 1210. The lowest BCUT2D eigenvalue weighted by atomic mass is 10.2. The molecule has 2 aromatic carbocycles. The van der Waals surface area contributed by atoms with Crippen LogP contribution >= 0.6 is 0 Å². The van der Waals surface area contributed by atoms with Crippen LogP contribution in [0.3, 0.4) is 0 Å². The molecule has 2 aromatic heterocycles. The monoisotopic (exact) mass is 388 g/mol. The molecule has 4 rings (SSSR count). The number of ether oxygens (including phenoxy) is 1. The lowest BCUT2D eigenvalue weighted by Gasteiger charge is -2.12. The maximum atomic E-state index is 13.2. The van der Waals surface area contributed by atoms with Crippen molar-refractivity contribution >= 4 is 16.5 Å². The Balaban J connectivity index is 1.84. The number of hydrogen-bond donors (Lipinski definition) is 1. The first-order valence-electron chi connectivity index (χ1n) is 9.60. The highest BCUT2D eigenvalue weighted by Gasteiger charge is 2.18. The summed E-state index contributed by atoms with van der Waals surface area (Å²) in [6, 6.07) is 17.7. The highest BCUT2D eigenvalue weighted by atomic mass is 16.5. The van der Waals surface area contributed by atoms with Gasteiger partial charge in [-0.25, -0.2) is 0 Å². The van der Waals surface area contributed by atoms with Crippen molar-refractivity contribution in [2.24, 2.45) is 0 Å². The van der Waals surface area contributed by atoms with Gasteiger partial charge in [0.1, 0.15) is 0 Å². The lowest BCUT2D eigenvalue weighted by Crippen LogP contribution is -2.21. The van der Waals surface area contributed by atoms with Gasteiger partial charge in [-0.1, -0.05) is 24.3 Å². The number of hydrogen-bond acceptors (Lipinski definition) is 4. The lowest BCUT2D eigenvalue weighted by molar-refractivity contribution is 0.211. The maximum Gasteiger partial charge on any atom is 0.281 e. The molecule has 0 saturated heterocycles. The van der Waals surface area contributed by atoms with Gasteiger partial charge in [0, 0.05) is 41.8 Å². The Morgan fingerprint density at radius 2 is 1.76 bits per heavy atom. The van der Waals surface area contributed by atoms with Gasteiger partial charge < -0.3 is 14.6 Å². The zero-order chi connectivity index (χ0) is 20.4. The molecule has 2 heterocycles. The third kappa shape index (κ3) is 3.43. The highest BCUT2D eigenvalue weighted by Crippen LogP contribution is 2.27. The summed E-state index contributed by atoms with van der Waals surface area (Å²) < 4.78 is 8.68. The molecule has 0 aliphatic rings. The Morgan fingerprint density at radius 3 is 2.52 bits per heavy atom. The fraction of sp³-hybridized carbons (Fsp3) is 0.217. The molecule has 0 unspecified atom stereocenters. The fourth-order valence-corrected chi connectivity index (χ4v) is 3.75. The van der Waals surface area contributed by atoms with Crippen molar-refractivity contribution in [3.05, 3.63) is 82.5 Å². The van der Waals surface area contributed by atoms with Gasteiger partial charge in [0.05, 0.1) is 23.9 Å². The van der Waals surface area contributed by atoms with E-state index in [9.17, 15) is 4.79 Å². The predicted molar refractivity (Wildman–Crippen MR) is 117 cm³/mol. The summed E-state index contributed by atoms with van der Waals surface area (Å²) in [6.45, 7) is 5.38. The Labute approximate surface area is 169 Å².